The summed E-state index contributed by atoms with van der Waals surface area (Å²) >= 11 is 0. The lowest BCUT2D eigenvalue weighted by molar-refractivity contribution is -0.135. The molecule has 0 radical (unpaired) electrons. The molecule has 6 heterocycles. The molecule has 21 heteroatoms. The summed E-state index contributed by atoms with van der Waals surface area (Å²) in [6.07, 6.45) is 7.32. The molecule has 0 aliphatic carbocycles. The van der Waals surface area contributed by atoms with Gasteiger partial charge >= 0.3 is 0 Å². The average molecular weight is 846 g/mol. The Kier molecular flexibility index (Phi) is 12.4. The molecule has 7 aromatic rings. The van der Waals surface area contributed by atoms with Crippen LogP contribution < -0.4 is 27.4 Å². The maximum absolute atomic E-state index is 13.6. The maximum Gasteiger partial charge on any atom is 0.276 e. The Morgan fingerprint density at radius 1 is 0.823 bits per heavy atom. The second-order valence-electron chi connectivity index (χ2n) is 14.5. The second kappa shape index (κ2) is 18.0. The highest BCUT2D eigenvalue weighted by Crippen LogP contribution is 2.36. The number of allylic oxidation sites excluding steroid dienone is 2. The van der Waals surface area contributed by atoms with Gasteiger partial charge in [0, 0.05) is 68.5 Å². The molecular weight excluding hydrogens is 799 g/mol. The molecule has 7 rings (SSSR count). The SMILES string of the molecule is CCn1nc(C)cc1C(=O)Nc1nc2cc(C(N)=O)cnc2n1C/C=C/Cn1c2nc(-c3cc(C)nn3CC)ncc2c2cc(C(N)=O)cc(OCCCN(C)C(=O)CON)c21. The van der Waals surface area contributed by atoms with Crippen molar-refractivity contribution in [1.29, 1.82) is 0 Å². The van der Waals surface area contributed by atoms with Crippen molar-refractivity contribution >= 4 is 62.7 Å². The van der Waals surface area contributed by atoms with Crippen molar-refractivity contribution in [1.82, 2.24) is 53.5 Å². The fourth-order valence-electron chi connectivity index (χ4n) is 7.18. The fraction of sp³-hybridized carbons (Fsp3) is 0.317. The monoisotopic (exact) mass is 845 g/mol. The minimum atomic E-state index is -0.666. The van der Waals surface area contributed by atoms with Gasteiger partial charge in [0.1, 0.15) is 34.9 Å². The van der Waals surface area contributed by atoms with E-state index in [9.17, 15) is 19.2 Å². The van der Waals surface area contributed by atoms with Crippen molar-refractivity contribution in [2.45, 2.75) is 60.3 Å². The van der Waals surface area contributed by atoms with Gasteiger partial charge in [-0.3, -0.25) is 43.3 Å². The summed E-state index contributed by atoms with van der Waals surface area (Å²) in [6.45, 7) is 9.41. The number of nitrogens with zero attached hydrogens (tertiary/aromatic N) is 11. The number of hydrogen-bond acceptors (Lipinski definition) is 13. The third kappa shape index (κ3) is 8.56. The Morgan fingerprint density at radius 2 is 1.53 bits per heavy atom. The van der Waals surface area contributed by atoms with Crippen molar-refractivity contribution in [3.8, 4) is 17.3 Å². The van der Waals surface area contributed by atoms with Crippen molar-refractivity contribution in [3.05, 3.63) is 83.1 Å². The van der Waals surface area contributed by atoms with E-state index in [0.717, 1.165) is 11.4 Å². The normalized spacial score (nSPS) is 11.6. The molecule has 0 fully saturated rings. The summed E-state index contributed by atoms with van der Waals surface area (Å²) in [4.78, 5) is 75.4. The maximum atomic E-state index is 13.6. The van der Waals surface area contributed by atoms with Crippen molar-refractivity contribution in [2.24, 2.45) is 17.4 Å². The number of benzene rings is 1. The quantitative estimate of drug-likeness (QED) is 0.0550. The van der Waals surface area contributed by atoms with E-state index >= 15 is 0 Å². The van der Waals surface area contributed by atoms with E-state index in [4.69, 9.17) is 32.1 Å². The number of rotatable bonds is 18. The van der Waals surface area contributed by atoms with Gasteiger partial charge in [-0.1, -0.05) is 12.2 Å². The molecule has 0 bridgehead atoms. The molecular formula is C41H47N15O6. The van der Waals surface area contributed by atoms with Gasteiger partial charge in [0.25, 0.3) is 5.91 Å². The predicted molar refractivity (Wildman–Crippen MR) is 229 cm³/mol. The first-order chi connectivity index (χ1) is 29.8. The van der Waals surface area contributed by atoms with Gasteiger partial charge in [0.05, 0.1) is 29.1 Å². The number of amides is 4. The summed E-state index contributed by atoms with van der Waals surface area (Å²) in [7, 11) is 1.64. The van der Waals surface area contributed by atoms with Gasteiger partial charge < -0.3 is 25.7 Å². The molecule has 21 nitrogen and oxygen atoms in total. The van der Waals surface area contributed by atoms with Crippen LogP contribution >= 0.6 is 0 Å². The predicted octanol–water partition coefficient (Wildman–Crippen LogP) is 2.87. The number of aromatic nitrogens is 10. The molecule has 0 aliphatic heterocycles. The number of carbonyl (C=O) groups is 4. The number of ether oxygens (including phenoxy) is 1. The summed E-state index contributed by atoms with van der Waals surface area (Å²) in [5.41, 5.74) is 16.3. The molecule has 6 aromatic heterocycles. The van der Waals surface area contributed by atoms with Crippen LogP contribution in [0.4, 0.5) is 5.95 Å². The number of imidazole rings is 1. The molecule has 0 aliphatic rings. The van der Waals surface area contributed by atoms with Gasteiger partial charge in [0.2, 0.25) is 23.7 Å². The van der Waals surface area contributed by atoms with Crippen LogP contribution in [0.15, 0.2) is 54.9 Å². The molecule has 0 spiro atoms. The van der Waals surface area contributed by atoms with Crippen molar-refractivity contribution in [3.63, 3.8) is 0 Å². The third-order valence-electron chi connectivity index (χ3n) is 10.2. The van der Waals surface area contributed by atoms with E-state index in [2.05, 4.69) is 30.3 Å². The molecule has 322 valence electrons. The Balaban J connectivity index is 1.28. The van der Waals surface area contributed by atoms with Crippen LogP contribution in [0.2, 0.25) is 0 Å². The molecule has 4 amide bonds. The zero-order chi connectivity index (χ0) is 44.2. The lowest BCUT2D eigenvalue weighted by Gasteiger charge is -2.17. The standard InChI is InChI=1S/C41H47N15O6/c1-6-55-30(15-23(3)50-55)37-45-21-28-27-17-25(35(42)58)19-32(61-14-10-11-52(5)33(57)22-62-44)34(27)53(38(28)48-37)12-8-9-13-54-39-29(18-26(20-46-39)36(43)59)47-41(54)49-40(60)31-16-24(4)51-56(31)7-2/h8-9,15-21H,6-7,10-14,22,44H2,1-5H3,(H2,42,58)(H2,43,59)(H,47,49,60)/b9-8+. The molecule has 1 aromatic carbocycles. The first kappa shape index (κ1) is 42.6. The summed E-state index contributed by atoms with van der Waals surface area (Å²) in [5, 5.41) is 13.2. The average Bonchev–Trinajstić information content (AvgIpc) is 4.01. The van der Waals surface area contributed by atoms with E-state index in [-0.39, 0.29) is 49.3 Å². The molecule has 0 unspecified atom stereocenters. The van der Waals surface area contributed by atoms with Gasteiger partial charge in [-0.05, 0) is 64.4 Å². The molecule has 7 N–H and O–H groups in total. The van der Waals surface area contributed by atoms with E-state index in [1.165, 1.54) is 17.2 Å². The van der Waals surface area contributed by atoms with Crippen LogP contribution in [-0.2, 0) is 35.8 Å². The number of primary amides is 2. The Bertz CT molecular complexity index is 2890. The fourth-order valence-corrected chi connectivity index (χ4v) is 7.18. The largest absolute Gasteiger partial charge is 0.491 e. The molecule has 0 saturated carbocycles. The van der Waals surface area contributed by atoms with E-state index in [1.807, 2.05) is 48.2 Å². The number of hydrogen-bond donors (Lipinski definition) is 4. The highest BCUT2D eigenvalue weighted by Gasteiger charge is 2.23. The minimum absolute atomic E-state index is 0.166. The lowest BCUT2D eigenvalue weighted by atomic mass is 10.1. The first-order valence-corrected chi connectivity index (χ1v) is 19.8. The minimum Gasteiger partial charge on any atom is -0.491 e. The van der Waals surface area contributed by atoms with E-state index in [0.29, 0.717) is 82.1 Å². The number of likely N-dealkylation sites (N-methyl/N-ethyl adjacent to an activating group) is 1. The highest BCUT2D eigenvalue weighted by atomic mass is 16.6. The Morgan fingerprint density at radius 3 is 2.24 bits per heavy atom. The van der Waals surface area contributed by atoms with Crippen LogP contribution in [0.3, 0.4) is 0 Å². The van der Waals surface area contributed by atoms with Crippen LogP contribution in [0.25, 0.3) is 44.6 Å². The van der Waals surface area contributed by atoms with E-state index < -0.39 is 17.7 Å². The number of nitrogens with two attached hydrogens (primary N) is 3. The second-order valence-corrected chi connectivity index (χ2v) is 14.5. The number of nitrogens with one attached hydrogen (secondary N) is 1. The van der Waals surface area contributed by atoms with Crippen molar-refractivity contribution < 1.29 is 28.8 Å². The molecule has 62 heavy (non-hydrogen) atoms. The van der Waals surface area contributed by atoms with Crippen molar-refractivity contribution in [2.75, 3.05) is 32.1 Å². The van der Waals surface area contributed by atoms with Crippen LogP contribution in [0, 0.1) is 13.8 Å². The number of carbonyl (C=O) groups excluding carboxylic acids is 4. The lowest BCUT2D eigenvalue weighted by Crippen LogP contribution is -2.32. The Hall–Kier alpha value is -7.52. The van der Waals surface area contributed by atoms with Crippen LogP contribution in [0.1, 0.15) is 62.9 Å². The number of aryl methyl sites for hydroxylation is 4. The Labute approximate surface area is 354 Å². The highest BCUT2D eigenvalue weighted by molar-refractivity contribution is 6.12. The van der Waals surface area contributed by atoms with Gasteiger partial charge in [0.15, 0.2) is 11.5 Å². The smallest absolute Gasteiger partial charge is 0.276 e. The zero-order valence-corrected chi connectivity index (χ0v) is 35.0. The number of anilines is 1. The van der Waals surface area contributed by atoms with Gasteiger partial charge in [-0.25, -0.2) is 25.8 Å². The summed E-state index contributed by atoms with van der Waals surface area (Å²) < 4.78 is 13.5. The topological polar surface area (TPSA) is 277 Å². The molecule has 0 saturated heterocycles. The van der Waals surface area contributed by atoms with Crippen LogP contribution in [-0.4, -0.2) is 104 Å². The zero-order valence-electron chi connectivity index (χ0n) is 35.0. The van der Waals surface area contributed by atoms with Gasteiger partial charge in [-0.15, -0.1) is 0 Å². The summed E-state index contributed by atoms with van der Waals surface area (Å²) in [5.74, 6) is 4.08. The molecule has 0 atom stereocenters. The third-order valence-corrected chi connectivity index (χ3v) is 10.2. The number of fused-ring (bicyclic) bond motifs is 4. The van der Waals surface area contributed by atoms with E-state index in [1.54, 1.807) is 47.6 Å². The first-order valence-electron chi connectivity index (χ1n) is 19.8. The summed E-state index contributed by atoms with van der Waals surface area (Å²) in [6, 6.07) is 8.42. The number of pyridine rings is 1. The van der Waals surface area contributed by atoms with Crippen LogP contribution in [0.5, 0.6) is 5.75 Å². The van der Waals surface area contributed by atoms with Gasteiger partial charge in [-0.2, -0.15) is 10.2 Å².